The Morgan fingerprint density at radius 1 is 1.00 bits per heavy atom. The molecule has 0 bridgehead atoms. The highest BCUT2D eigenvalue weighted by atomic mass is 16.5. The molecule has 2 aromatic carbocycles. The molecule has 1 unspecified atom stereocenters. The molecule has 8 heteroatoms. The molecule has 2 aromatic rings. The van der Waals surface area contributed by atoms with Gasteiger partial charge in [-0.15, -0.1) is 0 Å². The molecule has 0 heterocycles. The maximum atomic E-state index is 13.1. The Kier molecular flexibility index (Phi) is 9.52. The van der Waals surface area contributed by atoms with Gasteiger partial charge in [-0.1, -0.05) is 43.3 Å². The fraction of sp³-hybridized carbons (Fsp3) is 0.444. The summed E-state index contributed by atoms with van der Waals surface area (Å²) in [4.78, 5) is 30.1. The van der Waals surface area contributed by atoms with Crippen molar-refractivity contribution in [3.63, 3.8) is 0 Å². The fourth-order valence-corrected chi connectivity index (χ4v) is 4.30. The maximum Gasteiger partial charge on any atom is 0.245 e. The molecule has 0 aliphatic heterocycles. The summed E-state index contributed by atoms with van der Waals surface area (Å²) in [5, 5.41) is 5.75. The van der Waals surface area contributed by atoms with E-state index < -0.39 is 6.04 Å². The second-order valence-corrected chi connectivity index (χ2v) is 9.10. The molecule has 35 heavy (non-hydrogen) atoms. The van der Waals surface area contributed by atoms with Gasteiger partial charge >= 0.3 is 0 Å². The van der Waals surface area contributed by atoms with Crippen molar-refractivity contribution in [2.45, 2.75) is 57.5 Å². The zero-order valence-electron chi connectivity index (χ0n) is 20.8. The number of ether oxygens (including phenoxy) is 2. The van der Waals surface area contributed by atoms with E-state index in [4.69, 9.17) is 15.2 Å². The van der Waals surface area contributed by atoms with Crippen LogP contribution in [-0.4, -0.2) is 44.1 Å². The molecule has 3 rings (SSSR count). The van der Waals surface area contributed by atoms with E-state index >= 15 is 0 Å². The molecule has 188 valence electrons. The van der Waals surface area contributed by atoms with Crippen molar-refractivity contribution in [3.05, 3.63) is 59.7 Å². The minimum Gasteiger partial charge on any atom is -0.493 e. The number of hydrogen-bond acceptors (Lipinski definition) is 5. The van der Waals surface area contributed by atoms with Gasteiger partial charge in [0.25, 0.3) is 0 Å². The van der Waals surface area contributed by atoms with E-state index in [1.807, 2.05) is 30.3 Å². The van der Waals surface area contributed by atoms with Crippen LogP contribution in [0.15, 0.2) is 53.5 Å². The number of rotatable bonds is 9. The molecule has 0 radical (unpaired) electrons. The lowest BCUT2D eigenvalue weighted by molar-refractivity contribution is -0.123. The molecule has 1 aliphatic rings. The molecule has 1 fully saturated rings. The maximum absolute atomic E-state index is 13.1. The third kappa shape index (κ3) is 8.02. The summed E-state index contributed by atoms with van der Waals surface area (Å²) in [6.45, 7) is 2.24. The zero-order chi connectivity index (χ0) is 25.2. The highest BCUT2D eigenvalue weighted by Gasteiger charge is 2.25. The smallest absolute Gasteiger partial charge is 0.245 e. The molecule has 0 saturated heterocycles. The van der Waals surface area contributed by atoms with E-state index in [9.17, 15) is 9.59 Å². The number of amides is 2. The van der Waals surface area contributed by atoms with Crippen LogP contribution in [0.1, 0.15) is 43.7 Å². The van der Waals surface area contributed by atoms with Gasteiger partial charge in [-0.05, 0) is 54.9 Å². The van der Waals surface area contributed by atoms with Gasteiger partial charge in [0.1, 0.15) is 6.04 Å². The van der Waals surface area contributed by atoms with Crippen molar-refractivity contribution in [2.24, 2.45) is 16.6 Å². The zero-order valence-corrected chi connectivity index (χ0v) is 20.8. The number of nitrogens with zero attached hydrogens (tertiary/aromatic N) is 1. The Morgan fingerprint density at radius 2 is 1.69 bits per heavy atom. The van der Waals surface area contributed by atoms with E-state index in [-0.39, 0.29) is 30.2 Å². The first-order chi connectivity index (χ1) is 16.9. The second kappa shape index (κ2) is 12.8. The van der Waals surface area contributed by atoms with Crippen LogP contribution in [-0.2, 0) is 22.4 Å². The van der Waals surface area contributed by atoms with Gasteiger partial charge in [0, 0.05) is 12.5 Å². The van der Waals surface area contributed by atoms with Crippen LogP contribution < -0.4 is 25.8 Å². The lowest BCUT2D eigenvalue weighted by atomic mass is 9.87. The lowest BCUT2D eigenvalue weighted by Crippen LogP contribution is -2.45. The molecule has 1 atom stereocenters. The lowest BCUT2D eigenvalue weighted by Gasteiger charge is -2.28. The number of carbonyl (C=O) groups is 2. The summed E-state index contributed by atoms with van der Waals surface area (Å²) in [5.41, 5.74) is 7.77. The summed E-state index contributed by atoms with van der Waals surface area (Å²) >= 11 is 0. The third-order valence-corrected chi connectivity index (χ3v) is 6.31. The molecule has 0 aromatic heterocycles. The number of hydrogen-bond donors (Lipinski definition) is 3. The minimum absolute atomic E-state index is 0.0758. The van der Waals surface area contributed by atoms with Gasteiger partial charge in [0.05, 0.1) is 20.6 Å². The van der Waals surface area contributed by atoms with Crippen LogP contribution >= 0.6 is 0 Å². The molecule has 8 nitrogen and oxygen atoms in total. The molecule has 4 N–H and O–H groups in total. The Bertz CT molecular complexity index is 1020. The van der Waals surface area contributed by atoms with Crippen LogP contribution in [0, 0.1) is 5.92 Å². The van der Waals surface area contributed by atoms with E-state index in [0.717, 1.165) is 36.8 Å². The van der Waals surface area contributed by atoms with Gasteiger partial charge < -0.3 is 20.5 Å². The van der Waals surface area contributed by atoms with Gasteiger partial charge in [-0.2, -0.15) is 0 Å². The molecule has 2 amide bonds. The van der Waals surface area contributed by atoms with Crippen LogP contribution in [0.3, 0.4) is 0 Å². The molecule has 1 aliphatic carbocycles. The average Bonchev–Trinajstić information content (AvgIpc) is 2.85. The van der Waals surface area contributed by atoms with Crippen molar-refractivity contribution in [2.75, 3.05) is 14.2 Å². The number of nitrogens with two attached hydrogens (primary N) is 1. The quantitative estimate of drug-likeness (QED) is 0.377. The van der Waals surface area contributed by atoms with E-state index in [2.05, 4.69) is 22.5 Å². The summed E-state index contributed by atoms with van der Waals surface area (Å²) in [6.07, 6.45) is 4.60. The highest BCUT2D eigenvalue weighted by molar-refractivity contribution is 5.98. The Labute approximate surface area is 207 Å². The third-order valence-electron chi connectivity index (χ3n) is 6.31. The first-order valence-electron chi connectivity index (χ1n) is 12.1. The van der Waals surface area contributed by atoms with E-state index in [1.165, 1.54) is 7.11 Å². The van der Waals surface area contributed by atoms with E-state index in [0.29, 0.717) is 23.8 Å². The summed E-state index contributed by atoms with van der Waals surface area (Å²) in [5.74, 6) is 1.22. The van der Waals surface area contributed by atoms with E-state index in [1.54, 1.807) is 25.3 Å². The predicted octanol–water partition coefficient (Wildman–Crippen LogP) is 2.98. The summed E-state index contributed by atoms with van der Waals surface area (Å²) in [7, 11) is 3.09. The highest BCUT2D eigenvalue weighted by Crippen LogP contribution is 2.27. The normalized spacial score (nSPS) is 18.9. The van der Waals surface area contributed by atoms with Crippen molar-refractivity contribution in [3.8, 4) is 11.5 Å². The first-order valence-corrected chi connectivity index (χ1v) is 12.1. The second-order valence-electron chi connectivity index (χ2n) is 9.10. The molecule has 0 spiro atoms. The van der Waals surface area contributed by atoms with Crippen LogP contribution in [0.2, 0.25) is 0 Å². The Balaban J connectivity index is 1.67. The molecular formula is C27H36N4O4. The van der Waals surface area contributed by atoms with Crippen molar-refractivity contribution >= 4 is 17.8 Å². The number of aliphatic imine (C=N–C) groups is 1. The van der Waals surface area contributed by atoms with Crippen LogP contribution in [0.25, 0.3) is 0 Å². The SMILES string of the molecule is COc1ccc(CC(=O)NC(N)=NC(Cc2ccccc2)C(=O)NC2CCC(C)CC2)cc1OC. The largest absolute Gasteiger partial charge is 0.493 e. The Hall–Kier alpha value is -3.55. The number of methoxy groups -OCH3 is 2. The van der Waals surface area contributed by atoms with Crippen molar-refractivity contribution < 1.29 is 19.1 Å². The van der Waals surface area contributed by atoms with Gasteiger partial charge in [0.2, 0.25) is 11.8 Å². The summed E-state index contributed by atoms with van der Waals surface area (Å²) < 4.78 is 10.5. The minimum atomic E-state index is -0.738. The number of benzene rings is 2. The van der Waals surface area contributed by atoms with Crippen molar-refractivity contribution in [1.29, 1.82) is 0 Å². The summed E-state index contributed by atoms with van der Waals surface area (Å²) in [6, 6.07) is 14.3. The standard InChI is InChI=1S/C27H36N4O4/c1-18-9-12-21(13-10-18)29-26(33)22(15-19-7-5-4-6-8-19)30-27(28)31-25(32)17-20-11-14-23(34-2)24(16-20)35-3/h4-8,11,14,16,18,21-22H,9-10,12-13,15,17H2,1-3H3,(H,29,33)(H3,28,30,31,32). The Morgan fingerprint density at radius 3 is 2.34 bits per heavy atom. The van der Waals surface area contributed by atoms with Crippen LogP contribution in [0.5, 0.6) is 11.5 Å². The molecule has 1 saturated carbocycles. The van der Waals surface area contributed by atoms with Crippen molar-refractivity contribution in [1.82, 2.24) is 10.6 Å². The topological polar surface area (TPSA) is 115 Å². The fourth-order valence-electron chi connectivity index (χ4n) is 4.30. The number of nitrogens with one attached hydrogen (secondary N) is 2. The van der Waals surface area contributed by atoms with Crippen LogP contribution in [0.4, 0.5) is 0 Å². The molecular weight excluding hydrogens is 444 g/mol. The number of guanidine groups is 1. The average molecular weight is 481 g/mol. The predicted molar refractivity (Wildman–Crippen MR) is 137 cm³/mol. The van der Waals surface area contributed by atoms with Gasteiger partial charge in [0.15, 0.2) is 17.5 Å². The van der Waals surface area contributed by atoms with Gasteiger partial charge in [-0.25, -0.2) is 4.99 Å². The van der Waals surface area contributed by atoms with Gasteiger partial charge in [-0.3, -0.25) is 14.9 Å². The first kappa shape index (κ1) is 26.1. The number of carbonyl (C=O) groups excluding carboxylic acids is 2. The monoisotopic (exact) mass is 480 g/mol.